The first-order valence-corrected chi connectivity index (χ1v) is 31.9. The van der Waals surface area contributed by atoms with Gasteiger partial charge in [0.15, 0.2) is 0 Å². The number of rotatable bonds is 7. The lowest BCUT2D eigenvalue weighted by atomic mass is 9.70. The Labute approximate surface area is 528 Å². The maximum Gasteiger partial charge on any atom is 0.0725 e. The second kappa shape index (κ2) is 18.7. The molecule has 1 atom stereocenters. The molecule has 0 fully saturated rings. The highest BCUT2D eigenvalue weighted by molar-refractivity contribution is 6.22. The summed E-state index contributed by atoms with van der Waals surface area (Å²) in [5.74, 6) is 0. The van der Waals surface area contributed by atoms with Crippen molar-refractivity contribution in [2.75, 3.05) is 4.90 Å². The predicted octanol–water partition coefficient (Wildman–Crippen LogP) is 23.2. The topological polar surface area (TPSA) is 8.17 Å². The number of benzene rings is 15. The molecular formula is C89H56N2. The first-order valence-electron chi connectivity index (χ1n) is 31.9. The zero-order valence-electron chi connectivity index (χ0n) is 50.0. The average molecular weight is 1150 g/mol. The Kier molecular flexibility index (Phi) is 10.4. The lowest BCUT2D eigenvalue weighted by Crippen LogP contribution is -2.25. The van der Waals surface area contributed by atoms with Crippen molar-refractivity contribution >= 4 is 60.4 Å². The van der Waals surface area contributed by atoms with Gasteiger partial charge < -0.3 is 9.47 Å². The molecule has 0 bridgehead atoms. The van der Waals surface area contributed by atoms with E-state index in [1.807, 2.05) is 0 Å². The quantitative estimate of drug-likeness (QED) is 0.154. The van der Waals surface area contributed by atoms with Gasteiger partial charge in [0, 0.05) is 44.0 Å². The number of fused-ring (bicyclic) bond motifs is 18. The number of anilines is 3. The van der Waals surface area contributed by atoms with E-state index in [-0.39, 0.29) is 0 Å². The molecule has 1 aromatic heterocycles. The minimum atomic E-state index is -0.558. The molecule has 2 nitrogen and oxygen atoms in total. The van der Waals surface area contributed by atoms with Crippen molar-refractivity contribution in [1.29, 1.82) is 0 Å². The van der Waals surface area contributed by atoms with E-state index in [1.165, 1.54) is 155 Å². The number of hydrogen-bond donors (Lipinski definition) is 0. The van der Waals surface area contributed by atoms with E-state index in [4.69, 9.17) is 0 Å². The molecule has 20 rings (SSSR count). The van der Waals surface area contributed by atoms with Crippen LogP contribution in [0.15, 0.2) is 322 Å². The molecule has 3 aliphatic carbocycles. The van der Waals surface area contributed by atoms with Crippen LogP contribution in [0.3, 0.4) is 0 Å². The van der Waals surface area contributed by atoms with Crippen molar-refractivity contribution in [3.05, 3.63) is 360 Å². The molecule has 2 heterocycles. The molecule has 1 spiro atoms. The molecule has 0 amide bonds. The number of aromatic nitrogens is 1. The molecule has 16 aromatic rings. The van der Waals surface area contributed by atoms with Gasteiger partial charge in [0.05, 0.1) is 33.5 Å². The Morgan fingerprint density at radius 3 is 1.66 bits per heavy atom. The summed E-state index contributed by atoms with van der Waals surface area (Å²) in [6.07, 6.45) is 0. The summed E-state index contributed by atoms with van der Waals surface area (Å²) < 4.78 is 2.59. The Hall–Kier alpha value is -11.6. The molecule has 1 unspecified atom stereocenters. The van der Waals surface area contributed by atoms with Gasteiger partial charge in [0.2, 0.25) is 0 Å². The predicted molar refractivity (Wildman–Crippen MR) is 380 cm³/mol. The van der Waals surface area contributed by atoms with E-state index in [9.17, 15) is 0 Å². The van der Waals surface area contributed by atoms with Crippen molar-refractivity contribution in [2.45, 2.75) is 17.8 Å². The standard InChI is InChI=1S/C89H56N2/c1-88(60-47-45-56-25-8-9-28-58(56)51-60)79-41-21-37-70-68-32-13-18-42-81(68)91-82-43-19-14-33-69(82)74-54-73(86(88)85(84(70)79)87(74)91)63-34-20-36-67-62(63)35-22-44-80(67)90(83-50-46-59(55-23-4-2-5-24-55)52-71(83)57-26-6-3-7-27-57)61-48-49-78-72(53-61)66-31-12-17-40-77(66)89(78)75-38-15-10-29-64(75)65-30-11-16-39-76(65)89/h2-54H,1H3. The van der Waals surface area contributed by atoms with Gasteiger partial charge >= 0.3 is 0 Å². The molecule has 0 saturated carbocycles. The largest absolute Gasteiger partial charge is 0.309 e. The van der Waals surface area contributed by atoms with E-state index in [0.29, 0.717) is 0 Å². The van der Waals surface area contributed by atoms with Gasteiger partial charge in [0.1, 0.15) is 0 Å². The molecule has 2 heteroatoms. The van der Waals surface area contributed by atoms with Gasteiger partial charge in [-0.1, -0.05) is 267 Å². The van der Waals surface area contributed by atoms with Gasteiger partial charge in [-0.2, -0.15) is 0 Å². The molecule has 422 valence electrons. The van der Waals surface area contributed by atoms with Crippen LogP contribution < -0.4 is 4.90 Å². The smallest absolute Gasteiger partial charge is 0.0725 e. The fourth-order valence-electron chi connectivity index (χ4n) is 17.4. The Bertz CT molecular complexity index is 5760. The summed E-state index contributed by atoms with van der Waals surface area (Å²) >= 11 is 0. The highest BCUT2D eigenvalue weighted by atomic mass is 15.1. The highest BCUT2D eigenvalue weighted by Gasteiger charge is 2.52. The molecule has 1 aliphatic heterocycles. The minimum Gasteiger partial charge on any atom is -0.309 e. The summed E-state index contributed by atoms with van der Waals surface area (Å²) in [6, 6.07) is 122. The molecule has 91 heavy (non-hydrogen) atoms. The van der Waals surface area contributed by atoms with E-state index in [2.05, 4.69) is 338 Å². The van der Waals surface area contributed by atoms with Crippen molar-refractivity contribution in [3.8, 4) is 83.6 Å². The third-order valence-corrected chi connectivity index (χ3v) is 21.2. The fraction of sp³-hybridized carbons (Fsp3) is 0.0337. The van der Waals surface area contributed by atoms with Gasteiger partial charge in [-0.25, -0.2) is 0 Å². The van der Waals surface area contributed by atoms with Crippen molar-refractivity contribution in [3.63, 3.8) is 0 Å². The molecular weight excluding hydrogens is 1100 g/mol. The van der Waals surface area contributed by atoms with E-state index < -0.39 is 10.8 Å². The van der Waals surface area contributed by atoms with E-state index in [0.717, 1.165) is 28.2 Å². The van der Waals surface area contributed by atoms with Crippen LogP contribution in [-0.2, 0) is 10.8 Å². The first kappa shape index (κ1) is 50.4. The normalized spacial score (nSPS) is 14.8. The maximum absolute atomic E-state index is 2.59. The summed E-state index contributed by atoms with van der Waals surface area (Å²) in [7, 11) is 0. The molecule has 4 aliphatic rings. The number of nitrogens with zero attached hydrogens (tertiary/aromatic N) is 2. The molecule has 0 N–H and O–H groups in total. The van der Waals surface area contributed by atoms with Gasteiger partial charge in [-0.15, -0.1) is 0 Å². The molecule has 0 saturated heterocycles. The SMILES string of the molecule is CC1(c2ccc3ccccc3c2)c2cccc3c2-c2c1c(-c1cccc4c(N(c5ccc6c(c5)-c5ccccc5C65c6ccccc6-c6ccccc65)c5ccc(-c6ccccc6)cc5-c5ccccc5)cccc14)cc1c4ccccc4n(c21)-c1ccccc1-3. The second-order valence-corrected chi connectivity index (χ2v) is 25.4. The average Bonchev–Trinajstić information content (AvgIpc) is 1.52. The van der Waals surface area contributed by atoms with Crippen LogP contribution in [0.5, 0.6) is 0 Å². The second-order valence-electron chi connectivity index (χ2n) is 25.4. The van der Waals surface area contributed by atoms with Crippen LogP contribution in [0.4, 0.5) is 17.1 Å². The Morgan fingerprint density at radius 2 is 0.879 bits per heavy atom. The van der Waals surface area contributed by atoms with Gasteiger partial charge in [-0.3, -0.25) is 0 Å². The van der Waals surface area contributed by atoms with Crippen LogP contribution >= 0.6 is 0 Å². The van der Waals surface area contributed by atoms with Gasteiger partial charge in [0.25, 0.3) is 0 Å². The summed E-state index contributed by atoms with van der Waals surface area (Å²) in [5, 5.41) is 7.35. The Balaban J connectivity index is 0.882. The maximum atomic E-state index is 2.59. The molecule has 0 radical (unpaired) electrons. The summed E-state index contributed by atoms with van der Waals surface area (Å²) in [5.41, 5.74) is 32.7. The highest BCUT2D eigenvalue weighted by Crippen LogP contribution is 2.65. The van der Waals surface area contributed by atoms with E-state index in [1.54, 1.807) is 0 Å². The first-order chi connectivity index (χ1) is 45.1. The lowest BCUT2D eigenvalue weighted by Gasteiger charge is -2.32. The minimum absolute atomic E-state index is 0.471. The van der Waals surface area contributed by atoms with Gasteiger partial charge in [-0.05, 0) is 178 Å². The third kappa shape index (κ3) is 6.70. The zero-order chi connectivity index (χ0) is 59.7. The number of hydrogen-bond acceptors (Lipinski definition) is 1. The van der Waals surface area contributed by atoms with Crippen molar-refractivity contribution in [2.24, 2.45) is 0 Å². The number of para-hydroxylation sites is 2. The monoisotopic (exact) mass is 1150 g/mol. The van der Waals surface area contributed by atoms with Crippen molar-refractivity contribution < 1.29 is 0 Å². The summed E-state index contributed by atoms with van der Waals surface area (Å²) in [4.78, 5) is 2.58. The third-order valence-electron chi connectivity index (χ3n) is 21.2. The van der Waals surface area contributed by atoms with Crippen LogP contribution in [-0.4, -0.2) is 4.57 Å². The van der Waals surface area contributed by atoms with Crippen LogP contribution in [0.25, 0.3) is 127 Å². The molecule has 15 aromatic carbocycles. The fourth-order valence-corrected chi connectivity index (χ4v) is 17.4. The summed E-state index contributed by atoms with van der Waals surface area (Å²) in [6.45, 7) is 2.52. The zero-order valence-corrected chi connectivity index (χ0v) is 50.0. The van der Waals surface area contributed by atoms with Crippen LogP contribution in [0, 0.1) is 0 Å². The van der Waals surface area contributed by atoms with Crippen LogP contribution in [0.1, 0.15) is 45.9 Å². The van der Waals surface area contributed by atoms with E-state index >= 15 is 0 Å². The Morgan fingerprint density at radius 1 is 0.297 bits per heavy atom. The van der Waals surface area contributed by atoms with Crippen LogP contribution in [0.2, 0.25) is 0 Å². The lowest BCUT2D eigenvalue weighted by molar-refractivity contribution is 0.717. The van der Waals surface area contributed by atoms with Crippen molar-refractivity contribution in [1.82, 2.24) is 4.57 Å².